The Labute approximate surface area is 164 Å². The lowest BCUT2D eigenvalue weighted by molar-refractivity contribution is 0.0698. The number of benzene rings is 2. The lowest BCUT2D eigenvalue weighted by Gasteiger charge is -2.34. The fourth-order valence-electron chi connectivity index (χ4n) is 3.79. The fraction of sp³-hybridized carbons (Fsp3) is 0.350. The molecule has 2 aromatic rings. The number of aryl methyl sites for hydroxylation is 2. The number of carbonyl (C=O) groups excluding carboxylic acids is 1. The van der Waals surface area contributed by atoms with Gasteiger partial charge >= 0.3 is 0 Å². The van der Waals surface area contributed by atoms with Crippen molar-refractivity contribution in [2.45, 2.75) is 24.2 Å². The summed E-state index contributed by atoms with van der Waals surface area (Å²) in [7, 11) is -3.53. The first-order valence-electron chi connectivity index (χ1n) is 9.12. The Morgan fingerprint density at radius 2 is 1.67 bits per heavy atom. The molecule has 0 spiro atoms. The second-order valence-corrected chi connectivity index (χ2v) is 9.37. The molecule has 142 valence electrons. The number of halogens is 1. The van der Waals surface area contributed by atoms with Gasteiger partial charge in [-0.1, -0.05) is 23.7 Å². The van der Waals surface area contributed by atoms with Crippen molar-refractivity contribution in [1.82, 2.24) is 9.21 Å². The van der Waals surface area contributed by atoms with Crippen molar-refractivity contribution >= 4 is 27.5 Å². The van der Waals surface area contributed by atoms with Gasteiger partial charge in [-0.15, -0.1) is 0 Å². The number of hydrogen-bond acceptors (Lipinski definition) is 3. The van der Waals surface area contributed by atoms with E-state index < -0.39 is 10.0 Å². The molecular weight excluding hydrogens is 384 g/mol. The lowest BCUT2D eigenvalue weighted by atomic mass is 10.1. The first-order valence-corrected chi connectivity index (χ1v) is 10.9. The smallest absolute Gasteiger partial charge is 0.253 e. The maximum absolute atomic E-state index is 13.0. The van der Waals surface area contributed by atoms with Crippen LogP contribution in [0, 0.1) is 0 Å². The molecule has 2 aromatic carbocycles. The van der Waals surface area contributed by atoms with Crippen LogP contribution in [0.1, 0.15) is 27.9 Å². The molecule has 0 unspecified atom stereocenters. The van der Waals surface area contributed by atoms with E-state index in [4.69, 9.17) is 11.6 Å². The molecule has 7 heteroatoms. The molecule has 5 nitrogen and oxygen atoms in total. The molecule has 1 aliphatic heterocycles. The van der Waals surface area contributed by atoms with E-state index in [-0.39, 0.29) is 5.91 Å². The van der Waals surface area contributed by atoms with E-state index in [1.54, 1.807) is 35.2 Å². The molecule has 27 heavy (non-hydrogen) atoms. The minimum atomic E-state index is -3.53. The molecule has 0 bridgehead atoms. The van der Waals surface area contributed by atoms with Crippen LogP contribution in [-0.4, -0.2) is 49.7 Å². The molecule has 1 amide bonds. The van der Waals surface area contributed by atoms with Gasteiger partial charge in [-0.3, -0.25) is 4.79 Å². The second-order valence-electron chi connectivity index (χ2n) is 6.99. The van der Waals surface area contributed by atoms with Crippen LogP contribution in [-0.2, 0) is 22.9 Å². The van der Waals surface area contributed by atoms with Crippen molar-refractivity contribution in [3.05, 3.63) is 64.2 Å². The van der Waals surface area contributed by atoms with Crippen LogP contribution >= 0.6 is 11.6 Å². The quantitative estimate of drug-likeness (QED) is 0.790. The molecule has 0 aromatic heterocycles. The van der Waals surface area contributed by atoms with Gasteiger partial charge < -0.3 is 4.90 Å². The maximum Gasteiger partial charge on any atom is 0.253 e. The van der Waals surface area contributed by atoms with Gasteiger partial charge in [-0.2, -0.15) is 4.31 Å². The van der Waals surface area contributed by atoms with E-state index in [1.807, 2.05) is 12.1 Å². The van der Waals surface area contributed by atoms with Crippen molar-refractivity contribution < 1.29 is 13.2 Å². The zero-order valence-electron chi connectivity index (χ0n) is 14.9. The maximum atomic E-state index is 13.0. The molecule has 0 radical (unpaired) electrons. The Morgan fingerprint density at radius 3 is 2.41 bits per heavy atom. The molecule has 1 saturated heterocycles. The highest BCUT2D eigenvalue weighted by molar-refractivity contribution is 7.89. The minimum absolute atomic E-state index is 0.118. The average molecular weight is 405 g/mol. The van der Waals surface area contributed by atoms with Crippen LogP contribution in [0.5, 0.6) is 0 Å². The van der Waals surface area contributed by atoms with Gasteiger partial charge in [0.1, 0.15) is 0 Å². The van der Waals surface area contributed by atoms with Crippen molar-refractivity contribution in [3.8, 4) is 0 Å². The summed E-state index contributed by atoms with van der Waals surface area (Å²) < 4.78 is 27.4. The number of piperazine rings is 1. The zero-order valence-corrected chi connectivity index (χ0v) is 16.5. The number of nitrogens with zero attached hydrogens (tertiary/aromatic N) is 2. The highest BCUT2D eigenvalue weighted by atomic mass is 35.5. The molecule has 0 N–H and O–H groups in total. The highest BCUT2D eigenvalue weighted by Crippen LogP contribution is 2.27. The summed E-state index contributed by atoms with van der Waals surface area (Å²) in [6.45, 7) is 1.34. The number of sulfonamides is 1. The molecule has 1 fully saturated rings. The Morgan fingerprint density at radius 1 is 0.926 bits per heavy atom. The summed E-state index contributed by atoms with van der Waals surface area (Å²) in [6.07, 6.45) is 3.06. The summed E-state index contributed by atoms with van der Waals surface area (Å²) in [6, 6.07) is 12.3. The van der Waals surface area contributed by atoms with Gasteiger partial charge in [0.2, 0.25) is 10.0 Å². The molecule has 1 heterocycles. The number of hydrogen-bond donors (Lipinski definition) is 0. The Balaban J connectivity index is 1.46. The summed E-state index contributed by atoms with van der Waals surface area (Å²) in [5.41, 5.74) is 2.93. The van der Waals surface area contributed by atoms with Gasteiger partial charge in [-0.05, 0) is 60.7 Å². The normalized spacial score (nSPS) is 17.7. The number of amides is 1. The van der Waals surface area contributed by atoms with E-state index >= 15 is 0 Å². The van der Waals surface area contributed by atoms with Crippen molar-refractivity contribution in [3.63, 3.8) is 0 Å². The minimum Gasteiger partial charge on any atom is -0.336 e. The molecule has 0 saturated carbocycles. The summed E-state index contributed by atoms with van der Waals surface area (Å²) in [4.78, 5) is 14.6. The number of rotatable bonds is 3. The van der Waals surface area contributed by atoms with Gasteiger partial charge in [0.15, 0.2) is 0 Å². The topological polar surface area (TPSA) is 57.7 Å². The van der Waals surface area contributed by atoms with Gasteiger partial charge in [0.25, 0.3) is 5.91 Å². The fourth-order valence-corrected chi connectivity index (χ4v) is 5.46. The standard InChI is InChI=1S/C20H21ClN2O3S/c21-18-6-2-5-17(13-18)20(24)22-9-11-23(12-10-22)27(25,26)19-8-7-15-3-1-4-16(15)14-19/h2,5-8,13-14H,1,3-4,9-12H2. The van der Waals surface area contributed by atoms with E-state index in [1.165, 1.54) is 9.87 Å². The Bertz CT molecular complexity index is 982. The number of carbonyl (C=O) groups is 1. The first-order chi connectivity index (χ1) is 12.9. The average Bonchev–Trinajstić information content (AvgIpc) is 3.15. The van der Waals surface area contributed by atoms with E-state index in [9.17, 15) is 13.2 Å². The van der Waals surface area contributed by atoms with Crippen LogP contribution in [0.2, 0.25) is 5.02 Å². The third-order valence-electron chi connectivity index (χ3n) is 5.31. The summed E-state index contributed by atoms with van der Waals surface area (Å²) >= 11 is 5.96. The monoisotopic (exact) mass is 404 g/mol. The predicted octanol–water partition coefficient (Wildman–Crippen LogP) is 2.98. The van der Waals surface area contributed by atoms with Gasteiger partial charge in [0, 0.05) is 36.8 Å². The van der Waals surface area contributed by atoms with Gasteiger partial charge in [-0.25, -0.2) is 8.42 Å². The largest absolute Gasteiger partial charge is 0.336 e. The molecule has 4 rings (SSSR count). The third kappa shape index (κ3) is 3.61. The van der Waals surface area contributed by atoms with E-state index in [0.29, 0.717) is 41.7 Å². The first kappa shape index (κ1) is 18.5. The van der Waals surface area contributed by atoms with E-state index in [0.717, 1.165) is 24.8 Å². The van der Waals surface area contributed by atoms with Crippen LogP contribution in [0.25, 0.3) is 0 Å². The second kappa shape index (κ2) is 7.26. The SMILES string of the molecule is O=C(c1cccc(Cl)c1)N1CCN(S(=O)(=O)c2ccc3c(c2)CCC3)CC1. The van der Waals surface area contributed by atoms with Gasteiger partial charge in [0.05, 0.1) is 4.90 Å². The van der Waals surface area contributed by atoms with Crippen LogP contribution in [0.4, 0.5) is 0 Å². The summed E-state index contributed by atoms with van der Waals surface area (Å²) in [5, 5.41) is 0.513. The Hall–Kier alpha value is -1.89. The Kier molecular flexibility index (Phi) is 4.97. The predicted molar refractivity (Wildman–Crippen MR) is 105 cm³/mol. The third-order valence-corrected chi connectivity index (χ3v) is 7.43. The molecular formula is C20H21ClN2O3S. The van der Waals surface area contributed by atoms with Crippen molar-refractivity contribution in [1.29, 1.82) is 0 Å². The van der Waals surface area contributed by atoms with E-state index in [2.05, 4.69) is 0 Å². The molecule has 1 aliphatic carbocycles. The van der Waals surface area contributed by atoms with Crippen LogP contribution in [0.15, 0.2) is 47.4 Å². The lowest BCUT2D eigenvalue weighted by Crippen LogP contribution is -2.50. The van der Waals surface area contributed by atoms with Crippen molar-refractivity contribution in [2.24, 2.45) is 0 Å². The molecule has 2 aliphatic rings. The van der Waals surface area contributed by atoms with Crippen LogP contribution in [0.3, 0.4) is 0 Å². The summed E-state index contributed by atoms with van der Waals surface area (Å²) in [5.74, 6) is -0.118. The molecule has 0 atom stereocenters. The van der Waals surface area contributed by atoms with Crippen molar-refractivity contribution in [2.75, 3.05) is 26.2 Å². The zero-order chi connectivity index (χ0) is 19.0. The van der Waals surface area contributed by atoms with Crippen LogP contribution < -0.4 is 0 Å². The number of fused-ring (bicyclic) bond motifs is 1. The highest BCUT2D eigenvalue weighted by Gasteiger charge is 2.31.